The second kappa shape index (κ2) is 14.1. The second-order valence-electron chi connectivity index (χ2n) is 12.5. The first kappa shape index (κ1) is 32.0. The van der Waals surface area contributed by atoms with Gasteiger partial charge in [-0.15, -0.1) is 0 Å². The number of unbranched alkanes of at least 4 members (excludes halogenated alkanes) is 2. The lowest BCUT2D eigenvalue weighted by Gasteiger charge is -2.43. The maximum Gasteiger partial charge on any atom is 0.455 e. The number of carbonyl (C=O) groups excluding carboxylic acids is 2. The number of carbonyl (C=O) groups is 3. The van der Waals surface area contributed by atoms with E-state index in [-0.39, 0.29) is 36.0 Å². The minimum Gasteiger partial charge on any atom is -0.507 e. The molecule has 0 spiro atoms. The molecule has 0 aromatic heterocycles. The summed E-state index contributed by atoms with van der Waals surface area (Å²) in [6.45, 7) is 4.56. The highest BCUT2D eigenvalue weighted by atomic mass is 16.5. The van der Waals surface area contributed by atoms with Crippen LogP contribution in [-0.4, -0.2) is 57.7 Å². The van der Waals surface area contributed by atoms with Crippen molar-refractivity contribution in [2.24, 2.45) is 17.8 Å². The molecule has 3 aliphatic rings. The molecule has 0 saturated carbocycles. The molecule has 44 heavy (non-hydrogen) atoms. The number of hydrogen-bond acceptors (Lipinski definition) is 6. The van der Waals surface area contributed by atoms with Crippen molar-refractivity contribution in [3.63, 3.8) is 0 Å². The number of carboxylic acids is 1. The van der Waals surface area contributed by atoms with Gasteiger partial charge < -0.3 is 19.9 Å². The molecule has 2 saturated heterocycles. The molecule has 2 amide bonds. The van der Waals surface area contributed by atoms with Gasteiger partial charge >= 0.3 is 13.1 Å². The van der Waals surface area contributed by atoms with E-state index in [4.69, 9.17) is 9.76 Å². The Bertz CT molecular complexity index is 1470. The van der Waals surface area contributed by atoms with Crippen LogP contribution in [-0.2, 0) is 19.0 Å². The van der Waals surface area contributed by atoms with Crippen molar-refractivity contribution >= 4 is 41.8 Å². The van der Waals surface area contributed by atoms with Crippen LogP contribution in [0.25, 0.3) is 16.8 Å². The van der Waals surface area contributed by atoms with Gasteiger partial charge in [-0.05, 0) is 79.8 Å². The molecular formula is C35H44BNO7. The van der Waals surface area contributed by atoms with Crippen molar-refractivity contribution in [3.05, 3.63) is 58.7 Å². The van der Waals surface area contributed by atoms with Crippen LogP contribution in [0.1, 0.15) is 83.6 Å². The molecule has 2 heterocycles. The highest BCUT2D eigenvalue weighted by molar-refractivity contribution is 6.43. The molecule has 1 aliphatic carbocycles. The number of rotatable bonds is 13. The van der Waals surface area contributed by atoms with E-state index in [0.29, 0.717) is 45.0 Å². The smallest absolute Gasteiger partial charge is 0.455 e. The Hall–Kier alpha value is -3.43. The summed E-state index contributed by atoms with van der Waals surface area (Å²) in [6, 6.07) is 11.5. The standard InChI is InChI=1S/C35H44BNO7/c1-3-10-24-20-27-33(35(42)37(34(27)41)18-9-5-6-13-31(39)40)28-21-36(43)44-30(32(24)28)17-14-22(4-2)19-23-15-16-29(38)26-12-8-7-11-25(23)26/h7-8,11-12,15-16,19,27-28,30,33,38,43H,3-6,9-10,13-14,17-18,20-21H2,1-2H3,(H,39,40)/b22-19+/t27-,28+,30-,33-/m1/s1. The second-order valence-corrected chi connectivity index (χ2v) is 12.5. The van der Waals surface area contributed by atoms with E-state index in [9.17, 15) is 24.5 Å². The summed E-state index contributed by atoms with van der Waals surface area (Å²) in [7, 11) is -1.00. The third-order valence-corrected chi connectivity index (χ3v) is 9.70. The zero-order valence-electron chi connectivity index (χ0n) is 25.8. The first-order chi connectivity index (χ1) is 21.2. The number of amides is 2. The summed E-state index contributed by atoms with van der Waals surface area (Å²) in [6.07, 6.45) is 8.57. The Morgan fingerprint density at radius 1 is 1.02 bits per heavy atom. The molecule has 5 rings (SSSR count). The van der Waals surface area contributed by atoms with Gasteiger partial charge in [0.1, 0.15) is 5.75 Å². The van der Waals surface area contributed by atoms with Gasteiger partial charge in [-0.3, -0.25) is 19.3 Å². The number of phenolic OH excluding ortho intramolecular Hbond substituents is 1. The maximum absolute atomic E-state index is 13.7. The molecule has 3 N–H and O–H groups in total. The third-order valence-electron chi connectivity index (χ3n) is 9.70. The number of benzene rings is 2. The lowest BCUT2D eigenvalue weighted by molar-refractivity contribution is -0.141. The highest BCUT2D eigenvalue weighted by Gasteiger charge is 2.56. The number of imide groups is 1. The van der Waals surface area contributed by atoms with Gasteiger partial charge in [-0.1, -0.05) is 74.2 Å². The molecule has 4 atom stereocenters. The molecule has 9 heteroatoms. The number of likely N-dealkylation sites (tertiary alicyclic amines) is 1. The number of phenols is 1. The fourth-order valence-corrected chi connectivity index (χ4v) is 7.63. The maximum atomic E-state index is 13.7. The van der Waals surface area contributed by atoms with Gasteiger partial charge in [-0.2, -0.15) is 0 Å². The van der Waals surface area contributed by atoms with Crippen molar-refractivity contribution in [3.8, 4) is 5.75 Å². The number of allylic oxidation sites excluding steroid dienone is 2. The van der Waals surface area contributed by atoms with Gasteiger partial charge in [0, 0.05) is 18.4 Å². The molecule has 2 aromatic carbocycles. The van der Waals surface area contributed by atoms with Crippen molar-refractivity contribution in [2.45, 2.75) is 90.5 Å². The van der Waals surface area contributed by atoms with Crippen LogP contribution in [0.15, 0.2) is 53.1 Å². The predicted molar refractivity (Wildman–Crippen MR) is 171 cm³/mol. The van der Waals surface area contributed by atoms with E-state index >= 15 is 0 Å². The summed E-state index contributed by atoms with van der Waals surface area (Å²) in [5.41, 5.74) is 4.59. The quantitative estimate of drug-likeness (QED) is 0.106. The van der Waals surface area contributed by atoms with E-state index in [1.54, 1.807) is 6.07 Å². The van der Waals surface area contributed by atoms with Crippen LogP contribution in [0.3, 0.4) is 0 Å². The van der Waals surface area contributed by atoms with Crippen molar-refractivity contribution in [2.75, 3.05) is 6.54 Å². The Labute approximate surface area is 259 Å². The van der Waals surface area contributed by atoms with Gasteiger partial charge in [0.05, 0.1) is 17.9 Å². The number of hydrogen-bond donors (Lipinski definition) is 3. The fraction of sp³-hybridized carbons (Fsp3) is 0.514. The number of aliphatic carboxylic acids is 1. The highest BCUT2D eigenvalue weighted by Crippen LogP contribution is 2.51. The van der Waals surface area contributed by atoms with Gasteiger partial charge in [0.25, 0.3) is 0 Å². The minimum atomic E-state index is -1.00. The minimum absolute atomic E-state index is 0.0859. The zero-order chi connectivity index (χ0) is 31.4. The lowest BCUT2D eigenvalue weighted by Crippen LogP contribution is -2.46. The van der Waals surface area contributed by atoms with Crippen LogP contribution in [0.2, 0.25) is 6.32 Å². The number of nitrogens with zero attached hydrogens (tertiary/aromatic N) is 1. The van der Waals surface area contributed by atoms with E-state index in [1.165, 1.54) is 16.0 Å². The van der Waals surface area contributed by atoms with Gasteiger partial charge in [0.15, 0.2) is 0 Å². The monoisotopic (exact) mass is 601 g/mol. The number of aromatic hydroxyl groups is 1. The molecule has 2 aliphatic heterocycles. The molecule has 0 unspecified atom stereocenters. The molecule has 8 nitrogen and oxygen atoms in total. The Morgan fingerprint density at radius 3 is 2.52 bits per heavy atom. The van der Waals surface area contributed by atoms with Crippen LogP contribution in [0.4, 0.5) is 0 Å². The largest absolute Gasteiger partial charge is 0.507 e. The SMILES string of the molecule is CCCC1=C2[C@@H](CC/C(=C/c3ccc(O)c4ccccc34)CC)OB(O)C[C@@H]2[C@@H]2C(=O)N(CCCCCC(=O)O)C(=O)[C@@H]2C1. The Balaban J connectivity index is 1.36. The summed E-state index contributed by atoms with van der Waals surface area (Å²) < 4.78 is 6.19. The summed E-state index contributed by atoms with van der Waals surface area (Å²) in [4.78, 5) is 39.5. The van der Waals surface area contributed by atoms with Crippen LogP contribution in [0, 0.1) is 17.8 Å². The first-order valence-electron chi connectivity index (χ1n) is 16.3. The van der Waals surface area contributed by atoms with E-state index in [0.717, 1.165) is 47.6 Å². The van der Waals surface area contributed by atoms with Crippen molar-refractivity contribution in [1.29, 1.82) is 0 Å². The first-order valence-corrected chi connectivity index (χ1v) is 16.3. The molecule has 0 radical (unpaired) electrons. The zero-order valence-corrected chi connectivity index (χ0v) is 25.8. The Kier molecular flexibility index (Phi) is 10.3. The molecular weight excluding hydrogens is 557 g/mol. The Morgan fingerprint density at radius 2 is 1.80 bits per heavy atom. The van der Waals surface area contributed by atoms with Crippen LogP contribution < -0.4 is 0 Å². The average molecular weight is 602 g/mol. The number of carboxylic acid groups (broad SMARTS) is 1. The van der Waals surface area contributed by atoms with Gasteiger partial charge in [0.2, 0.25) is 11.8 Å². The lowest BCUT2D eigenvalue weighted by atomic mass is 9.58. The molecule has 0 bridgehead atoms. The van der Waals surface area contributed by atoms with Crippen LogP contribution >= 0.6 is 0 Å². The average Bonchev–Trinajstić information content (AvgIpc) is 3.24. The van der Waals surface area contributed by atoms with E-state index in [2.05, 4.69) is 19.9 Å². The molecule has 2 fully saturated rings. The van der Waals surface area contributed by atoms with Crippen molar-refractivity contribution < 1.29 is 34.3 Å². The molecule has 2 aromatic rings. The third kappa shape index (κ3) is 6.64. The number of fused-ring (bicyclic) bond motifs is 4. The normalized spacial score (nSPS) is 23.8. The molecule has 234 valence electrons. The van der Waals surface area contributed by atoms with E-state index in [1.807, 2.05) is 30.3 Å². The fourth-order valence-electron chi connectivity index (χ4n) is 7.63. The summed E-state index contributed by atoms with van der Waals surface area (Å²) >= 11 is 0. The summed E-state index contributed by atoms with van der Waals surface area (Å²) in [5, 5.41) is 31.9. The van der Waals surface area contributed by atoms with Gasteiger partial charge in [-0.25, -0.2) is 0 Å². The predicted octanol–water partition coefficient (Wildman–Crippen LogP) is 6.36. The van der Waals surface area contributed by atoms with Crippen molar-refractivity contribution in [1.82, 2.24) is 4.90 Å². The van der Waals surface area contributed by atoms with Crippen LogP contribution in [0.5, 0.6) is 5.75 Å². The summed E-state index contributed by atoms with van der Waals surface area (Å²) in [5.74, 6) is -1.98. The van der Waals surface area contributed by atoms with E-state index < -0.39 is 24.9 Å². The topological polar surface area (TPSA) is 124 Å².